The van der Waals surface area contributed by atoms with Gasteiger partial charge in [-0.1, -0.05) is 20.3 Å². The first-order valence-corrected chi connectivity index (χ1v) is 9.82. The van der Waals surface area contributed by atoms with Gasteiger partial charge < -0.3 is 15.5 Å². The number of carbonyl (C=O) groups excluding carboxylic acids is 2. The van der Waals surface area contributed by atoms with Crippen molar-refractivity contribution in [3.05, 3.63) is 18.3 Å². The summed E-state index contributed by atoms with van der Waals surface area (Å²) in [6.07, 6.45) is 6.58. The van der Waals surface area contributed by atoms with Crippen LogP contribution in [0.1, 0.15) is 46.0 Å². The van der Waals surface area contributed by atoms with Crippen LogP contribution in [0, 0.1) is 17.8 Å². The Hall–Kier alpha value is -2.11. The summed E-state index contributed by atoms with van der Waals surface area (Å²) in [4.78, 5) is 30.9. The molecule has 1 saturated carbocycles. The molecule has 3 rings (SSSR count). The van der Waals surface area contributed by atoms with Crippen molar-refractivity contribution < 1.29 is 9.59 Å². The molecule has 2 aliphatic rings. The summed E-state index contributed by atoms with van der Waals surface area (Å²) < 4.78 is 0. The Balaban J connectivity index is 1.46. The van der Waals surface area contributed by atoms with E-state index in [0.29, 0.717) is 5.92 Å². The van der Waals surface area contributed by atoms with E-state index in [0.717, 1.165) is 63.2 Å². The summed E-state index contributed by atoms with van der Waals surface area (Å²) in [6, 6.07) is 3.87. The van der Waals surface area contributed by atoms with Gasteiger partial charge in [0.1, 0.15) is 5.82 Å². The maximum absolute atomic E-state index is 12.2. The molecule has 2 heterocycles. The van der Waals surface area contributed by atoms with Crippen LogP contribution >= 0.6 is 0 Å². The van der Waals surface area contributed by atoms with Gasteiger partial charge in [0.2, 0.25) is 11.8 Å². The highest BCUT2D eigenvalue weighted by molar-refractivity contribution is 5.92. The van der Waals surface area contributed by atoms with Crippen molar-refractivity contribution in [3.63, 3.8) is 0 Å². The number of pyridine rings is 1. The summed E-state index contributed by atoms with van der Waals surface area (Å²) >= 11 is 0. The topological polar surface area (TPSA) is 74.3 Å². The van der Waals surface area contributed by atoms with Crippen molar-refractivity contribution in [1.82, 2.24) is 10.3 Å². The molecule has 0 bridgehead atoms. The van der Waals surface area contributed by atoms with E-state index in [1.807, 2.05) is 12.1 Å². The minimum Gasteiger partial charge on any atom is -0.357 e. The highest BCUT2D eigenvalue weighted by atomic mass is 16.2. The molecule has 2 amide bonds. The van der Waals surface area contributed by atoms with Gasteiger partial charge in [0, 0.05) is 31.5 Å². The number of nitrogens with zero attached hydrogens (tertiary/aromatic N) is 2. The van der Waals surface area contributed by atoms with E-state index in [-0.39, 0.29) is 23.7 Å². The van der Waals surface area contributed by atoms with Crippen LogP contribution in [0.5, 0.6) is 0 Å². The first kappa shape index (κ1) is 18.7. The van der Waals surface area contributed by atoms with Gasteiger partial charge in [0.15, 0.2) is 0 Å². The lowest BCUT2D eigenvalue weighted by atomic mass is 9.85. The molecule has 26 heavy (non-hydrogen) atoms. The van der Waals surface area contributed by atoms with E-state index in [1.165, 1.54) is 0 Å². The van der Waals surface area contributed by atoms with E-state index >= 15 is 0 Å². The number of anilines is 2. The third-order valence-corrected chi connectivity index (χ3v) is 5.37. The van der Waals surface area contributed by atoms with Crippen molar-refractivity contribution in [2.45, 2.75) is 46.0 Å². The number of aromatic nitrogens is 1. The molecular formula is C20H30N4O2. The van der Waals surface area contributed by atoms with Gasteiger partial charge in [-0.15, -0.1) is 0 Å². The minimum absolute atomic E-state index is 0.103. The zero-order valence-corrected chi connectivity index (χ0v) is 15.8. The Labute approximate surface area is 155 Å². The van der Waals surface area contributed by atoms with Gasteiger partial charge >= 0.3 is 0 Å². The SMILES string of the molecule is CC(C)CNC(=O)C1CCN(c2ccc(NC(=O)C3CCC3)cn2)CC1. The number of hydrogen-bond donors (Lipinski definition) is 2. The third kappa shape index (κ3) is 4.74. The van der Waals surface area contributed by atoms with E-state index < -0.39 is 0 Å². The fraction of sp³-hybridized carbons (Fsp3) is 0.650. The van der Waals surface area contributed by atoms with Gasteiger partial charge in [-0.25, -0.2) is 4.98 Å². The Morgan fingerprint density at radius 1 is 1.12 bits per heavy atom. The first-order valence-electron chi connectivity index (χ1n) is 9.82. The predicted octanol–water partition coefficient (Wildman–Crippen LogP) is 2.81. The van der Waals surface area contributed by atoms with Crippen molar-refractivity contribution in [3.8, 4) is 0 Å². The maximum atomic E-state index is 12.2. The van der Waals surface area contributed by atoms with Crippen molar-refractivity contribution in [2.24, 2.45) is 17.8 Å². The Bertz CT molecular complexity index is 617. The summed E-state index contributed by atoms with van der Waals surface area (Å²) in [5, 5.41) is 5.98. The second-order valence-corrected chi connectivity index (χ2v) is 7.92. The van der Waals surface area contributed by atoms with E-state index in [4.69, 9.17) is 0 Å². The van der Waals surface area contributed by atoms with Crippen molar-refractivity contribution >= 4 is 23.3 Å². The zero-order chi connectivity index (χ0) is 18.5. The first-order chi connectivity index (χ1) is 12.5. The minimum atomic E-state index is 0.103. The zero-order valence-electron chi connectivity index (χ0n) is 15.8. The molecule has 0 spiro atoms. The molecule has 1 aliphatic carbocycles. The second kappa shape index (κ2) is 8.52. The van der Waals surface area contributed by atoms with Crippen LogP contribution < -0.4 is 15.5 Å². The van der Waals surface area contributed by atoms with Crippen LogP contribution in [0.2, 0.25) is 0 Å². The smallest absolute Gasteiger partial charge is 0.227 e. The van der Waals surface area contributed by atoms with Crippen LogP contribution in [-0.4, -0.2) is 36.4 Å². The largest absolute Gasteiger partial charge is 0.357 e. The second-order valence-electron chi connectivity index (χ2n) is 7.92. The lowest BCUT2D eigenvalue weighted by Gasteiger charge is -2.32. The maximum Gasteiger partial charge on any atom is 0.227 e. The van der Waals surface area contributed by atoms with Crippen LogP contribution in [-0.2, 0) is 9.59 Å². The highest BCUT2D eigenvalue weighted by Crippen LogP contribution is 2.28. The fourth-order valence-electron chi connectivity index (χ4n) is 3.38. The lowest BCUT2D eigenvalue weighted by molar-refractivity contribution is -0.125. The molecule has 2 fully saturated rings. The molecule has 0 radical (unpaired) electrons. The molecule has 1 aromatic rings. The van der Waals surface area contributed by atoms with Crippen molar-refractivity contribution in [2.75, 3.05) is 29.9 Å². The van der Waals surface area contributed by atoms with Crippen LogP contribution in [0.15, 0.2) is 18.3 Å². The number of carbonyl (C=O) groups is 2. The van der Waals surface area contributed by atoms with Crippen LogP contribution in [0.4, 0.5) is 11.5 Å². The van der Waals surface area contributed by atoms with Gasteiger partial charge in [-0.3, -0.25) is 9.59 Å². The van der Waals surface area contributed by atoms with Gasteiger partial charge in [-0.2, -0.15) is 0 Å². The Morgan fingerprint density at radius 2 is 1.81 bits per heavy atom. The Morgan fingerprint density at radius 3 is 2.35 bits per heavy atom. The average molecular weight is 358 g/mol. The number of piperidine rings is 1. The third-order valence-electron chi connectivity index (χ3n) is 5.37. The average Bonchev–Trinajstić information content (AvgIpc) is 2.59. The molecule has 0 atom stereocenters. The molecule has 142 valence electrons. The van der Waals surface area contributed by atoms with E-state index in [2.05, 4.69) is 34.4 Å². The number of nitrogens with one attached hydrogen (secondary N) is 2. The number of rotatable bonds is 6. The summed E-state index contributed by atoms with van der Waals surface area (Å²) in [5.74, 6) is 1.96. The van der Waals surface area contributed by atoms with Crippen LogP contribution in [0.25, 0.3) is 0 Å². The molecule has 6 heteroatoms. The molecule has 0 aromatic carbocycles. The molecule has 0 unspecified atom stereocenters. The van der Waals surface area contributed by atoms with Gasteiger partial charge in [0.05, 0.1) is 11.9 Å². The number of amides is 2. The molecule has 6 nitrogen and oxygen atoms in total. The highest BCUT2D eigenvalue weighted by Gasteiger charge is 2.26. The standard InChI is InChI=1S/C20H30N4O2/c1-14(2)12-22-19(25)16-8-10-24(11-9-16)18-7-6-17(13-21-18)23-20(26)15-4-3-5-15/h6-7,13-16H,3-5,8-12H2,1-2H3,(H,22,25)(H,23,26). The van der Waals surface area contributed by atoms with Gasteiger partial charge in [-0.05, 0) is 43.7 Å². The lowest BCUT2D eigenvalue weighted by Crippen LogP contribution is -2.41. The molecular weight excluding hydrogens is 328 g/mol. The predicted molar refractivity (Wildman–Crippen MR) is 103 cm³/mol. The summed E-state index contributed by atoms with van der Waals surface area (Å²) in [5.41, 5.74) is 0.758. The fourth-order valence-corrected chi connectivity index (χ4v) is 3.38. The summed E-state index contributed by atoms with van der Waals surface area (Å²) in [7, 11) is 0. The van der Waals surface area contributed by atoms with Crippen molar-refractivity contribution in [1.29, 1.82) is 0 Å². The van der Waals surface area contributed by atoms with Crippen LogP contribution in [0.3, 0.4) is 0 Å². The molecule has 1 aromatic heterocycles. The molecule has 1 saturated heterocycles. The van der Waals surface area contributed by atoms with E-state index in [1.54, 1.807) is 6.20 Å². The summed E-state index contributed by atoms with van der Waals surface area (Å²) in [6.45, 7) is 6.62. The normalized spacial score (nSPS) is 18.5. The number of hydrogen-bond acceptors (Lipinski definition) is 4. The quantitative estimate of drug-likeness (QED) is 0.820. The molecule has 1 aliphatic heterocycles. The van der Waals surface area contributed by atoms with E-state index in [9.17, 15) is 9.59 Å². The monoisotopic (exact) mass is 358 g/mol. The molecule has 2 N–H and O–H groups in total. The van der Waals surface area contributed by atoms with Gasteiger partial charge in [0.25, 0.3) is 0 Å². The Kier molecular flexibility index (Phi) is 6.12.